The molecular formula is C11H15N3O2. The standard InChI is InChI=1S/C11H15N3O2/c1-3-5-6-7-14-8-13-9(10(14)12)11(15)16-4-2/h1,8H,4-7,12H2,2H3. The number of carbonyl (C=O) groups is 1. The number of anilines is 1. The first-order valence-electron chi connectivity index (χ1n) is 5.11. The van der Waals surface area contributed by atoms with Crippen LogP contribution in [0.25, 0.3) is 0 Å². The topological polar surface area (TPSA) is 70.1 Å². The molecule has 0 amide bonds. The fourth-order valence-electron chi connectivity index (χ4n) is 1.28. The van der Waals surface area contributed by atoms with Gasteiger partial charge in [0.05, 0.1) is 12.9 Å². The number of nitrogens with two attached hydrogens (primary N) is 1. The van der Waals surface area contributed by atoms with Crippen LogP contribution in [0.1, 0.15) is 30.3 Å². The van der Waals surface area contributed by atoms with Gasteiger partial charge in [-0.2, -0.15) is 0 Å². The van der Waals surface area contributed by atoms with Gasteiger partial charge in [-0.25, -0.2) is 9.78 Å². The van der Waals surface area contributed by atoms with Crippen LogP contribution in [0.5, 0.6) is 0 Å². The summed E-state index contributed by atoms with van der Waals surface area (Å²) in [5.74, 6) is 2.38. The summed E-state index contributed by atoms with van der Waals surface area (Å²) in [5, 5.41) is 0. The summed E-state index contributed by atoms with van der Waals surface area (Å²) in [5.41, 5.74) is 5.93. The molecule has 1 rings (SSSR count). The van der Waals surface area contributed by atoms with Crippen LogP contribution in [-0.2, 0) is 11.3 Å². The number of imidazole rings is 1. The summed E-state index contributed by atoms with van der Waals surface area (Å²) in [6.07, 6.45) is 8.15. The van der Waals surface area contributed by atoms with Crippen LogP contribution in [0.15, 0.2) is 6.33 Å². The van der Waals surface area contributed by atoms with Gasteiger partial charge in [0.15, 0.2) is 5.69 Å². The summed E-state index contributed by atoms with van der Waals surface area (Å²) in [6.45, 7) is 2.70. The van der Waals surface area contributed by atoms with Crippen LogP contribution >= 0.6 is 0 Å². The molecule has 5 heteroatoms. The van der Waals surface area contributed by atoms with Gasteiger partial charge in [0.1, 0.15) is 5.82 Å². The zero-order valence-electron chi connectivity index (χ0n) is 9.27. The molecule has 2 N–H and O–H groups in total. The number of aromatic nitrogens is 2. The van der Waals surface area contributed by atoms with E-state index >= 15 is 0 Å². The third-order valence-corrected chi connectivity index (χ3v) is 2.07. The zero-order chi connectivity index (χ0) is 12.0. The second-order valence-electron chi connectivity index (χ2n) is 3.20. The number of ether oxygens (including phenoxy) is 1. The summed E-state index contributed by atoms with van der Waals surface area (Å²) in [7, 11) is 0. The van der Waals surface area contributed by atoms with Gasteiger partial charge in [0.2, 0.25) is 0 Å². The van der Waals surface area contributed by atoms with Crippen molar-refractivity contribution >= 4 is 11.8 Å². The lowest BCUT2D eigenvalue weighted by Crippen LogP contribution is -2.10. The molecule has 0 aliphatic rings. The van der Waals surface area contributed by atoms with Gasteiger partial charge in [-0.05, 0) is 13.3 Å². The molecule has 1 heterocycles. The zero-order valence-corrected chi connectivity index (χ0v) is 9.27. The van der Waals surface area contributed by atoms with E-state index in [9.17, 15) is 4.79 Å². The van der Waals surface area contributed by atoms with E-state index in [0.717, 1.165) is 6.42 Å². The summed E-state index contributed by atoms with van der Waals surface area (Å²) >= 11 is 0. The van der Waals surface area contributed by atoms with Crippen molar-refractivity contribution in [2.75, 3.05) is 12.3 Å². The number of rotatable bonds is 5. The highest BCUT2D eigenvalue weighted by Gasteiger charge is 2.16. The van der Waals surface area contributed by atoms with Crippen molar-refractivity contribution in [2.24, 2.45) is 0 Å². The molecule has 0 aliphatic carbocycles. The second kappa shape index (κ2) is 5.81. The van der Waals surface area contributed by atoms with Crippen LogP contribution in [0.2, 0.25) is 0 Å². The van der Waals surface area contributed by atoms with E-state index in [-0.39, 0.29) is 5.69 Å². The molecule has 0 spiro atoms. The Labute approximate surface area is 94.6 Å². The van der Waals surface area contributed by atoms with Crippen LogP contribution in [-0.4, -0.2) is 22.1 Å². The maximum atomic E-state index is 11.4. The molecule has 0 unspecified atom stereocenters. The molecule has 86 valence electrons. The fraction of sp³-hybridized carbons (Fsp3) is 0.455. The average Bonchev–Trinajstić information content (AvgIpc) is 2.61. The van der Waals surface area contributed by atoms with Crippen LogP contribution in [0.4, 0.5) is 5.82 Å². The van der Waals surface area contributed by atoms with Crippen molar-refractivity contribution in [1.82, 2.24) is 9.55 Å². The van der Waals surface area contributed by atoms with E-state index in [0.29, 0.717) is 25.4 Å². The van der Waals surface area contributed by atoms with Gasteiger partial charge >= 0.3 is 5.97 Å². The van der Waals surface area contributed by atoms with Crippen molar-refractivity contribution in [1.29, 1.82) is 0 Å². The number of terminal acetylenes is 1. The molecule has 1 aromatic heterocycles. The predicted molar refractivity (Wildman–Crippen MR) is 60.7 cm³/mol. The third-order valence-electron chi connectivity index (χ3n) is 2.07. The monoisotopic (exact) mass is 221 g/mol. The molecule has 0 saturated heterocycles. The molecule has 1 aromatic rings. The summed E-state index contributed by atoms with van der Waals surface area (Å²) < 4.78 is 6.52. The molecule has 0 fully saturated rings. The van der Waals surface area contributed by atoms with E-state index < -0.39 is 5.97 Å². The summed E-state index contributed by atoms with van der Waals surface area (Å²) in [6, 6.07) is 0. The Balaban J connectivity index is 2.69. The molecule has 0 aromatic carbocycles. The summed E-state index contributed by atoms with van der Waals surface area (Å²) in [4.78, 5) is 15.3. The van der Waals surface area contributed by atoms with E-state index in [1.165, 1.54) is 6.33 Å². The van der Waals surface area contributed by atoms with Crippen molar-refractivity contribution in [3.63, 3.8) is 0 Å². The molecule has 0 radical (unpaired) electrons. The third kappa shape index (κ3) is 2.76. The fourth-order valence-corrected chi connectivity index (χ4v) is 1.28. The SMILES string of the molecule is C#CCCCn1cnc(C(=O)OCC)c1N. The molecule has 0 aliphatic heterocycles. The van der Waals surface area contributed by atoms with E-state index in [4.69, 9.17) is 16.9 Å². The van der Waals surface area contributed by atoms with Crippen molar-refractivity contribution in [3.8, 4) is 12.3 Å². The molecule has 5 nitrogen and oxygen atoms in total. The maximum Gasteiger partial charge on any atom is 0.360 e. The molecule has 0 saturated carbocycles. The average molecular weight is 221 g/mol. The van der Waals surface area contributed by atoms with Crippen LogP contribution < -0.4 is 5.73 Å². The first kappa shape index (κ1) is 12.1. The molecule has 0 bridgehead atoms. The van der Waals surface area contributed by atoms with Crippen LogP contribution in [0, 0.1) is 12.3 Å². The minimum atomic E-state index is -0.490. The van der Waals surface area contributed by atoms with E-state index in [1.807, 2.05) is 0 Å². The Bertz CT molecular complexity index is 404. The highest BCUT2D eigenvalue weighted by atomic mass is 16.5. The van der Waals surface area contributed by atoms with Gasteiger partial charge in [-0.15, -0.1) is 12.3 Å². The van der Waals surface area contributed by atoms with Gasteiger partial charge in [0.25, 0.3) is 0 Å². The molecule has 16 heavy (non-hydrogen) atoms. The Hall–Kier alpha value is -1.96. The lowest BCUT2D eigenvalue weighted by Gasteiger charge is -2.03. The lowest BCUT2D eigenvalue weighted by molar-refractivity contribution is 0.0521. The van der Waals surface area contributed by atoms with Crippen molar-refractivity contribution in [3.05, 3.63) is 12.0 Å². The Morgan fingerprint density at radius 2 is 2.50 bits per heavy atom. The largest absolute Gasteiger partial charge is 0.461 e. The van der Waals surface area contributed by atoms with Crippen molar-refractivity contribution in [2.45, 2.75) is 26.3 Å². The van der Waals surface area contributed by atoms with E-state index in [1.54, 1.807) is 11.5 Å². The minimum absolute atomic E-state index is 0.169. The second-order valence-corrected chi connectivity index (χ2v) is 3.20. The number of carbonyl (C=O) groups excluding carboxylic acids is 1. The first-order chi connectivity index (χ1) is 7.70. The first-order valence-corrected chi connectivity index (χ1v) is 5.11. The number of unbranched alkanes of at least 4 members (excludes halogenated alkanes) is 1. The number of hydrogen-bond donors (Lipinski definition) is 1. The molecule has 0 atom stereocenters. The highest BCUT2D eigenvalue weighted by Crippen LogP contribution is 2.12. The number of hydrogen-bond acceptors (Lipinski definition) is 4. The number of esters is 1. The van der Waals surface area contributed by atoms with Crippen LogP contribution in [0.3, 0.4) is 0 Å². The van der Waals surface area contributed by atoms with Gasteiger partial charge in [-0.3, -0.25) is 0 Å². The lowest BCUT2D eigenvalue weighted by atomic mass is 10.3. The molecular weight excluding hydrogens is 206 g/mol. The van der Waals surface area contributed by atoms with Gasteiger partial charge in [0, 0.05) is 13.0 Å². The highest BCUT2D eigenvalue weighted by molar-refractivity contribution is 5.92. The van der Waals surface area contributed by atoms with Gasteiger partial charge < -0.3 is 15.0 Å². The maximum absolute atomic E-state index is 11.4. The van der Waals surface area contributed by atoms with Gasteiger partial charge in [-0.1, -0.05) is 0 Å². The number of aryl methyl sites for hydroxylation is 1. The predicted octanol–water partition coefficient (Wildman–Crippen LogP) is 1.06. The quantitative estimate of drug-likeness (QED) is 0.458. The normalized spacial score (nSPS) is 9.75. The van der Waals surface area contributed by atoms with Crippen molar-refractivity contribution < 1.29 is 9.53 Å². The number of nitrogens with zero attached hydrogens (tertiary/aromatic N) is 2. The Morgan fingerprint density at radius 3 is 3.12 bits per heavy atom. The van der Waals surface area contributed by atoms with E-state index in [2.05, 4.69) is 10.9 Å². The minimum Gasteiger partial charge on any atom is -0.461 e. The Kier molecular flexibility index (Phi) is 4.40. The number of nitrogen functional groups attached to an aromatic ring is 1. The Morgan fingerprint density at radius 1 is 1.75 bits per heavy atom. The smallest absolute Gasteiger partial charge is 0.360 e.